The number of thiocarbonyl (C=S) groups is 1. The zero-order chi connectivity index (χ0) is 26.5. The Morgan fingerprint density at radius 3 is 2.59 bits per heavy atom. The van der Waals surface area contributed by atoms with Gasteiger partial charge < -0.3 is 20.1 Å². The monoisotopic (exact) mass is 525 g/mol. The lowest BCUT2D eigenvalue weighted by Gasteiger charge is -2.12. The molecule has 4 rings (SSSR count). The lowest BCUT2D eigenvalue weighted by molar-refractivity contribution is -0.119. The number of rotatable bonds is 7. The van der Waals surface area contributed by atoms with Crippen LogP contribution >= 0.6 is 12.2 Å². The van der Waals surface area contributed by atoms with Crippen LogP contribution in [0.3, 0.4) is 0 Å². The quantitative estimate of drug-likeness (QED) is 0.271. The fourth-order valence-electron chi connectivity index (χ4n) is 3.50. The van der Waals surface area contributed by atoms with E-state index in [1.807, 2.05) is 0 Å². The predicted molar refractivity (Wildman–Crippen MR) is 135 cm³/mol. The maximum Gasteiger partial charge on any atom is 0.340 e. The van der Waals surface area contributed by atoms with E-state index in [0.717, 1.165) is 6.07 Å². The molecule has 37 heavy (non-hydrogen) atoms. The van der Waals surface area contributed by atoms with E-state index < -0.39 is 23.5 Å². The van der Waals surface area contributed by atoms with Crippen molar-refractivity contribution < 1.29 is 27.8 Å². The minimum absolute atomic E-state index is 0.00627. The molecule has 0 aliphatic carbocycles. The average Bonchev–Trinajstić information content (AvgIpc) is 3.19. The summed E-state index contributed by atoms with van der Waals surface area (Å²) in [6.45, 7) is 3.60. The highest BCUT2D eigenvalue weighted by atomic mass is 32.1. The van der Waals surface area contributed by atoms with Crippen molar-refractivity contribution in [2.24, 2.45) is 0 Å². The van der Waals surface area contributed by atoms with Crippen molar-refractivity contribution in [2.45, 2.75) is 20.3 Å². The second-order valence-corrected chi connectivity index (χ2v) is 8.21. The first kappa shape index (κ1) is 25.6. The Bertz CT molecular complexity index is 1490. The highest BCUT2D eigenvalue weighted by molar-refractivity contribution is 7.80. The smallest absolute Gasteiger partial charge is 0.340 e. The molecule has 0 saturated heterocycles. The molecule has 4 aromatic rings. The van der Waals surface area contributed by atoms with Crippen LogP contribution in [-0.4, -0.2) is 38.2 Å². The third-order valence-corrected chi connectivity index (χ3v) is 5.42. The number of esters is 1. The van der Waals surface area contributed by atoms with Crippen molar-refractivity contribution in [3.63, 3.8) is 0 Å². The highest BCUT2D eigenvalue weighted by Gasteiger charge is 2.20. The Morgan fingerprint density at radius 1 is 1.14 bits per heavy atom. The summed E-state index contributed by atoms with van der Waals surface area (Å²) in [4.78, 5) is 28.5. The number of hydrogen-bond donors (Lipinski definition) is 2. The van der Waals surface area contributed by atoms with E-state index in [1.165, 1.54) is 53.4 Å². The third-order valence-electron chi connectivity index (χ3n) is 5.22. The van der Waals surface area contributed by atoms with Gasteiger partial charge in [0.15, 0.2) is 16.7 Å². The fraction of sp³-hybridized carbons (Fsp3) is 0.160. The number of ether oxygens (including phenoxy) is 2. The summed E-state index contributed by atoms with van der Waals surface area (Å²) in [5, 5.41) is 9.26. The van der Waals surface area contributed by atoms with Gasteiger partial charge in [0.25, 0.3) is 0 Å². The number of halogens is 2. The largest absolute Gasteiger partial charge is 0.462 e. The Morgan fingerprint density at radius 2 is 1.89 bits per heavy atom. The lowest BCUT2D eigenvalue weighted by Crippen LogP contribution is -2.35. The van der Waals surface area contributed by atoms with Crippen LogP contribution in [0.5, 0.6) is 11.6 Å². The Hall–Kier alpha value is -4.45. The molecule has 0 bridgehead atoms. The molecule has 0 atom stereocenters. The molecule has 0 saturated carbocycles. The molecule has 0 unspecified atom stereocenters. The Balaban J connectivity index is 1.44. The molecule has 0 radical (unpaired) electrons. The molecule has 0 spiro atoms. The molecule has 0 fully saturated rings. The minimum Gasteiger partial charge on any atom is -0.462 e. The van der Waals surface area contributed by atoms with Crippen molar-refractivity contribution in [3.8, 4) is 11.6 Å². The second kappa shape index (κ2) is 11.1. The first-order valence-electron chi connectivity index (χ1n) is 11.1. The fourth-order valence-corrected chi connectivity index (χ4v) is 3.73. The Kier molecular flexibility index (Phi) is 7.68. The number of carbonyl (C=O) groups is 2. The number of anilines is 1. The van der Waals surface area contributed by atoms with E-state index in [9.17, 15) is 18.4 Å². The van der Waals surface area contributed by atoms with Crippen LogP contribution in [0.25, 0.3) is 5.52 Å². The van der Waals surface area contributed by atoms with E-state index in [0.29, 0.717) is 22.2 Å². The first-order valence-corrected chi connectivity index (χ1v) is 11.5. The first-order chi connectivity index (χ1) is 17.7. The summed E-state index contributed by atoms with van der Waals surface area (Å²) in [7, 11) is 0. The van der Waals surface area contributed by atoms with Crippen LogP contribution < -0.4 is 15.4 Å². The second-order valence-electron chi connectivity index (χ2n) is 7.80. The van der Waals surface area contributed by atoms with Crippen LogP contribution in [0.4, 0.5) is 14.5 Å². The molecule has 190 valence electrons. The van der Waals surface area contributed by atoms with Crippen LogP contribution in [0.15, 0.2) is 55.0 Å². The van der Waals surface area contributed by atoms with Gasteiger partial charge in [-0.2, -0.15) is 10.1 Å². The third kappa shape index (κ3) is 6.04. The topological polar surface area (TPSA) is 107 Å². The molecule has 2 N–H and O–H groups in total. The number of nitrogens with zero attached hydrogens (tertiary/aromatic N) is 3. The van der Waals surface area contributed by atoms with Crippen molar-refractivity contribution in [1.29, 1.82) is 0 Å². The highest BCUT2D eigenvalue weighted by Crippen LogP contribution is 2.31. The van der Waals surface area contributed by atoms with Gasteiger partial charge in [0.05, 0.1) is 18.6 Å². The number of carbonyl (C=O) groups excluding carboxylic acids is 2. The van der Waals surface area contributed by atoms with E-state index in [-0.39, 0.29) is 35.5 Å². The molecule has 2 heterocycles. The van der Waals surface area contributed by atoms with Crippen LogP contribution in [0, 0.1) is 18.6 Å². The summed E-state index contributed by atoms with van der Waals surface area (Å²) in [5.41, 5.74) is 2.09. The summed E-state index contributed by atoms with van der Waals surface area (Å²) < 4.78 is 40.0. The number of aryl methyl sites for hydroxylation is 1. The number of fused-ring (bicyclic) bond motifs is 1. The van der Waals surface area contributed by atoms with E-state index in [2.05, 4.69) is 20.7 Å². The predicted octanol–water partition coefficient (Wildman–Crippen LogP) is 4.34. The number of amides is 1. The molecule has 2 aromatic heterocycles. The van der Waals surface area contributed by atoms with Gasteiger partial charge >= 0.3 is 5.97 Å². The van der Waals surface area contributed by atoms with Gasteiger partial charge in [-0.1, -0.05) is 12.1 Å². The van der Waals surface area contributed by atoms with Gasteiger partial charge in [-0.05, 0) is 61.5 Å². The molecule has 0 aliphatic heterocycles. The van der Waals surface area contributed by atoms with Gasteiger partial charge in [-0.15, -0.1) is 0 Å². The summed E-state index contributed by atoms with van der Waals surface area (Å²) >= 11 is 5.13. The minimum atomic E-state index is -0.725. The van der Waals surface area contributed by atoms with Gasteiger partial charge in [0.1, 0.15) is 17.7 Å². The zero-order valence-electron chi connectivity index (χ0n) is 19.7. The standard InChI is InChI=1S/C25H21F2N5O4S/c1-3-35-24(34)18-12-32-22(14(18)2)23(28-13-29-32)36-20-9-8-17(11-19(20)27)30-25(37)31-21(33)10-15-4-6-16(26)7-5-15/h4-9,11-13H,3,10H2,1-2H3,(H2,30,31,33,37). The van der Waals surface area contributed by atoms with Crippen molar-refractivity contribution in [3.05, 3.63) is 83.3 Å². The van der Waals surface area contributed by atoms with Gasteiger partial charge in [0.2, 0.25) is 11.8 Å². The zero-order valence-corrected chi connectivity index (χ0v) is 20.6. The maximum atomic E-state index is 14.9. The number of hydrogen-bond acceptors (Lipinski definition) is 7. The maximum absolute atomic E-state index is 14.9. The summed E-state index contributed by atoms with van der Waals surface area (Å²) in [6, 6.07) is 9.52. The summed E-state index contributed by atoms with van der Waals surface area (Å²) in [6.07, 6.45) is 2.71. The number of aromatic nitrogens is 3. The SMILES string of the molecule is CCOC(=O)c1cn2ncnc(Oc3ccc(NC(=S)NC(=O)Cc4ccc(F)cc4)cc3F)c2c1C. The van der Waals surface area contributed by atoms with Gasteiger partial charge in [-0.3, -0.25) is 4.79 Å². The molecular weight excluding hydrogens is 504 g/mol. The van der Waals surface area contributed by atoms with Crippen LogP contribution in [0.1, 0.15) is 28.4 Å². The number of benzene rings is 2. The molecule has 2 aromatic carbocycles. The summed E-state index contributed by atoms with van der Waals surface area (Å²) in [5.74, 6) is -2.13. The van der Waals surface area contributed by atoms with E-state index >= 15 is 0 Å². The van der Waals surface area contributed by atoms with Crippen molar-refractivity contribution in [1.82, 2.24) is 19.9 Å². The van der Waals surface area contributed by atoms with Crippen molar-refractivity contribution >= 4 is 40.4 Å². The van der Waals surface area contributed by atoms with Crippen molar-refractivity contribution in [2.75, 3.05) is 11.9 Å². The lowest BCUT2D eigenvalue weighted by atomic mass is 10.1. The van der Waals surface area contributed by atoms with Gasteiger partial charge in [0, 0.05) is 18.0 Å². The van der Waals surface area contributed by atoms with E-state index in [4.69, 9.17) is 21.7 Å². The molecular formula is C25H21F2N5O4S. The number of nitrogens with one attached hydrogen (secondary N) is 2. The molecule has 12 heteroatoms. The average molecular weight is 526 g/mol. The van der Waals surface area contributed by atoms with Crippen LogP contribution in [0.2, 0.25) is 0 Å². The molecule has 1 amide bonds. The normalized spacial score (nSPS) is 10.7. The van der Waals surface area contributed by atoms with E-state index in [1.54, 1.807) is 13.8 Å². The Labute approximate surface area is 215 Å². The molecule has 9 nitrogen and oxygen atoms in total. The molecule has 0 aliphatic rings. The van der Waals surface area contributed by atoms with Crippen LogP contribution in [-0.2, 0) is 16.0 Å². The van der Waals surface area contributed by atoms with Gasteiger partial charge in [-0.25, -0.2) is 18.1 Å².